The summed E-state index contributed by atoms with van der Waals surface area (Å²) in [6.07, 6.45) is 3.75. The fourth-order valence-corrected chi connectivity index (χ4v) is 2.20. The number of fused-ring (bicyclic) bond motifs is 1. The van der Waals surface area contributed by atoms with Crippen molar-refractivity contribution in [2.24, 2.45) is 0 Å². The molecule has 0 atom stereocenters. The van der Waals surface area contributed by atoms with E-state index in [-0.39, 0.29) is 0 Å². The van der Waals surface area contributed by atoms with Crippen LogP contribution in [-0.2, 0) is 19.5 Å². The summed E-state index contributed by atoms with van der Waals surface area (Å²) in [4.78, 5) is 9.20. The molecule has 1 N–H and O–H groups in total. The van der Waals surface area contributed by atoms with Crippen LogP contribution >= 0.6 is 0 Å². The highest BCUT2D eigenvalue weighted by atomic mass is 16.3. The summed E-state index contributed by atoms with van der Waals surface area (Å²) in [5, 5.41) is 3.33. The zero-order valence-corrected chi connectivity index (χ0v) is 9.86. The van der Waals surface area contributed by atoms with Crippen molar-refractivity contribution >= 4 is 0 Å². The Morgan fingerprint density at radius 3 is 3.06 bits per heavy atom. The van der Waals surface area contributed by atoms with Crippen LogP contribution < -0.4 is 5.32 Å². The Morgan fingerprint density at radius 1 is 1.35 bits per heavy atom. The molecule has 1 aliphatic rings. The maximum Gasteiger partial charge on any atom is 0.196 e. The maximum absolute atomic E-state index is 5.37. The normalized spacial score (nSPS) is 13.9. The highest BCUT2D eigenvalue weighted by Gasteiger charge is 2.19. The van der Waals surface area contributed by atoms with Crippen LogP contribution in [0, 0.1) is 0 Å². The molecule has 4 nitrogen and oxygen atoms in total. The minimum atomic E-state index is 0.709. The van der Waals surface area contributed by atoms with Gasteiger partial charge in [-0.3, -0.25) is 0 Å². The van der Waals surface area contributed by atoms with Crippen LogP contribution in [0.5, 0.6) is 0 Å². The number of furan rings is 1. The van der Waals surface area contributed by atoms with Gasteiger partial charge in [-0.1, -0.05) is 13.3 Å². The van der Waals surface area contributed by atoms with Crippen LogP contribution in [0.25, 0.3) is 11.6 Å². The first kappa shape index (κ1) is 10.5. The van der Waals surface area contributed by atoms with Gasteiger partial charge in [-0.2, -0.15) is 0 Å². The van der Waals surface area contributed by atoms with Crippen molar-refractivity contribution in [2.45, 2.75) is 32.9 Å². The Bertz CT molecular complexity index is 520. The fourth-order valence-electron chi connectivity index (χ4n) is 2.20. The van der Waals surface area contributed by atoms with Crippen LogP contribution in [0.15, 0.2) is 22.8 Å². The van der Waals surface area contributed by atoms with Crippen LogP contribution in [0.1, 0.15) is 30.3 Å². The van der Waals surface area contributed by atoms with Gasteiger partial charge in [0, 0.05) is 24.3 Å². The fraction of sp³-hybridized carbons (Fsp3) is 0.385. The van der Waals surface area contributed by atoms with E-state index in [4.69, 9.17) is 4.42 Å². The maximum atomic E-state index is 5.37. The molecule has 0 saturated heterocycles. The van der Waals surface area contributed by atoms with Crippen LogP contribution in [0.3, 0.4) is 0 Å². The lowest BCUT2D eigenvalue weighted by molar-refractivity contribution is 0.576. The van der Waals surface area contributed by atoms with Gasteiger partial charge in [0.25, 0.3) is 0 Å². The van der Waals surface area contributed by atoms with Crippen molar-refractivity contribution in [3.63, 3.8) is 0 Å². The monoisotopic (exact) mass is 229 g/mol. The lowest BCUT2D eigenvalue weighted by atomic mass is 10.1. The molecule has 0 aromatic carbocycles. The van der Waals surface area contributed by atoms with Gasteiger partial charge in [-0.25, -0.2) is 9.97 Å². The Hall–Kier alpha value is -1.68. The van der Waals surface area contributed by atoms with Crippen LogP contribution in [-0.4, -0.2) is 9.97 Å². The Kier molecular flexibility index (Phi) is 2.65. The smallest absolute Gasteiger partial charge is 0.196 e. The van der Waals surface area contributed by atoms with Crippen molar-refractivity contribution < 1.29 is 4.42 Å². The number of rotatable bonds is 3. The molecule has 0 bridgehead atoms. The molecule has 3 rings (SSSR count). The molecule has 0 aliphatic carbocycles. The van der Waals surface area contributed by atoms with Gasteiger partial charge in [0.15, 0.2) is 11.6 Å². The minimum Gasteiger partial charge on any atom is -0.461 e. The average Bonchev–Trinajstić information content (AvgIpc) is 3.00. The second kappa shape index (κ2) is 4.30. The second-order valence-corrected chi connectivity index (χ2v) is 4.25. The van der Waals surface area contributed by atoms with Crippen LogP contribution in [0.2, 0.25) is 0 Å². The van der Waals surface area contributed by atoms with E-state index >= 15 is 0 Å². The topological polar surface area (TPSA) is 51.0 Å². The first-order valence-electron chi connectivity index (χ1n) is 6.01. The number of nitrogens with one attached hydrogen (secondary N) is 1. The summed E-state index contributed by atoms with van der Waals surface area (Å²) in [6.45, 7) is 3.90. The van der Waals surface area contributed by atoms with Crippen molar-refractivity contribution in [1.82, 2.24) is 15.3 Å². The molecule has 3 heterocycles. The van der Waals surface area contributed by atoms with Crippen LogP contribution in [0.4, 0.5) is 0 Å². The van der Waals surface area contributed by atoms with E-state index in [9.17, 15) is 0 Å². The number of aromatic nitrogens is 2. The third-order valence-electron chi connectivity index (χ3n) is 3.00. The number of nitrogens with zero attached hydrogens (tertiary/aromatic N) is 2. The molecule has 0 radical (unpaired) electrons. The first-order chi connectivity index (χ1) is 8.38. The van der Waals surface area contributed by atoms with Crippen molar-refractivity contribution in [3.05, 3.63) is 35.3 Å². The molecule has 2 aromatic rings. The van der Waals surface area contributed by atoms with Gasteiger partial charge in [0.05, 0.1) is 12.0 Å². The average molecular weight is 229 g/mol. The predicted octanol–water partition coefficient (Wildman–Crippen LogP) is 2.29. The molecule has 0 unspecified atom stereocenters. The number of aryl methyl sites for hydroxylation is 1. The molecule has 4 heteroatoms. The highest BCUT2D eigenvalue weighted by Crippen LogP contribution is 2.23. The summed E-state index contributed by atoms with van der Waals surface area (Å²) < 4.78 is 5.37. The molecule has 17 heavy (non-hydrogen) atoms. The van der Waals surface area contributed by atoms with Gasteiger partial charge in [-0.05, 0) is 18.6 Å². The summed E-state index contributed by atoms with van der Waals surface area (Å²) in [5.41, 5.74) is 3.56. The third kappa shape index (κ3) is 1.85. The standard InChI is InChI=1S/C13H15N3O/c1-2-4-10-9-7-14-8-11(9)16-13(15-10)12-5-3-6-17-12/h3,5-6,14H,2,4,7-8H2,1H3. The van der Waals surface area contributed by atoms with E-state index in [0.717, 1.165) is 43.1 Å². The van der Waals surface area contributed by atoms with Gasteiger partial charge >= 0.3 is 0 Å². The highest BCUT2D eigenvalue weighted by molar-refractivity contribution is 5.48. The second-order valence-electron chi connectivity index (χ2n) is 4.25. The Morgan fingerprint density at radius 2 is 2.29 bits per heavy atom. The molecule has 88 valence electrons. The van der Waals surface area contributed by atoms with Crippen molar-refractivity contribution in [3.8, 4) is 11.6 Å². The molecular weight excluding hydrogens is 214 g/mol. The molecule has 0 amide bonds. The SMILES string of the molecule is CCCc1nc(-c2ccco2)nc2c1CNC2. The summed E-state index contributed by atoms with van der Waals surface area (Å²) >= 11 is 0. The summed E-state index contributed by atoms with van der Waals surface area (Å²) in [5.74, 6) is 1.46. The largest absolute Gasteiger partial charge is 0.461 e. The molecular formula is C13H15N3O. The lowest BCUT2D eigenvalue weighted by Crippen LogP contribution is -2.03. The van der Waals surface area contributed by atoms with E-state index in [0.29, 0.717) is 5.82 Å². The molecule has 0 fully saturated rings. The van der Waals surface area contributed by atoms with E-state index in [1.54, 1.807) is 6.26 Å². The van der Waals surface area contributed by atoms with Crippen molar-refractivity contribution in [1.29, 1.82) is 0 Å². The molecule has 0 spiro atoms. The zero-order valence-electron chi connectivity index (χ0n) is 9.86. The predicted molar refractivity (Wildman–Crippen MR) is 64.3 cm³/mol. The van der Waals surface area contributed by atoms with Gasteiger partial charge < -0.3 is 9.73 Å². The summed E-state index contributed by atoms with van der Waals surface area (Å²) in [6, 6.07) is 3.77. The number of hydrogen-bond donors (Lipinski definition) is 1. The van der Waals surface area contributed by atoms with Gasteiger partial charge in [0.2, 0.25) is 0 Å². The Labute approximate surface area is 100 Å². The number of hydrogen-bond acceptors (Lipinski definition) is 4. The van der Waals surface area contributed by atoms with Gasteiger partial charge in [-0.15, -0.1) is 0 Å². The quantitative estimate of drug-likeness (QED) is 0.877. The molecule has 1 aliphatic heterocycles. The minimum absolute atomic E-state index is 0.709. The van der Waals surface area contributed by atoms with E-state index in [1.165, 1.54) is 5.56 Å². The van der Waals surface area contributed by atoms with E-state index in [1.807, 2.05) is 12.1 Å². The van der Waals surface area contributed by atoms with E-state index < -0.39 is 0 Å². The zero-order chi connectivity index (χ0) is 11.7. The lowest BCUT2D eigenvalue weighted by Gasteiger charge is -2.07. The van der Waals surface area contributed by atoms with E-state index in [2.05, 4.69) is 22.2 Å². The molecule has 0 saturated carbocycles. The van der Waals surface area contributed by atoms with Crippen molar-refractivity contribution in [2.75, 3.05) is 0 Å². The Balaban J connectivity index is 2.09. The first-order valence-corrected chi connectivity index (χ1v) is 6.01. The summed E-state index contributed by atoms with van der Waals surface area (Å²) in [7, 11) is 0. The molecule has 2 aromatic heterocycles. The van der Waals surface area contributed by atoms with Gasteiger partial charge in [0.1, 0.15) is 0 Å². The third-order valence-corrected chi connectivity index (χ3v) is 3.00.